The third-order valence-corrected chi connectivity index (χ3v) is 4.75. The number of aryl methyl sites for hydroxylation is 2. The molecule has 2 aromatic rings. The van der Waals surface area contributed by atoms with Gasteiger partial charge in [0.25, 0.3) is 0 Å². The summed E-state index contributed by atoms with van der Waals surface area (Å²) in [5.41, 5.74) is 5.24. The van der Waals surface area contributed by atoms with Crippen LogP contribution in [0.15, 0.2) is 36.4 Å². The molecular weight excluding hydrogens is 258 g/mol. The highest BCUT2D eigenvalue weighted by Crippen LogP contribution is 2.34. The fraction of sp³-hybridized carbons (Fsp3) is 0.474. The normalized spacial score (nSPS) is 19.3. The molecule has 1 N–H and O–H groups in total. The number of fused-ring (bicyclic) bond motifs is 1. The van der Waals surface area contributed by atoms with Crippen molar-refractivity contribution in [1.82, 2.24) is 4.57 Å². The lowest BCUT2D eigenvalue weighted by Gasteiger charge is -2.24. The molecule has 0 fully saturated rings. The van der Waals surface area contributed by atoms with Crippen LogP contribution in [0.2, 0.25) is 0 Å². The van der Waals surface area contributed by atoms with Crippen LogP contribution in [0.3, 0.4) is 0 Å². The average Bonchev–Trinajstić information content (AvgIpc) is 2.84. The van der Waals surface area contributed by atoms with E-state index in [0.717, 1.165) is 32.1 Å². The summed E-state index contributed by atoms with van der Waals surface area (Å²) in [6.45, 7) is 4.47. The molecule has 2 unspecified atom stereocenters. The summed E-state index contributed by atoms with van der Waals surface area (Å²) in [6.07, 6.45) is 5.11. The minimum absolute atomic E-state index is 0.255. The molecule has 3 rings (SSSR count). The Labute approximate surface area is 127 Å². The molecule has 1 heterocycles. The van der Waals surface area contributed by atoms with Gasteiger partial charge in [0.05, 0.1) is 6.10 Å². The van der Waals surface area contributed by atoms with Crippen LogP contribution in [0, 0.1) is 6.92 Å². The Hall–Kier alpha value is -1.54. The van der Waals surface area contributed by atoms with Crippen LogP contribution in [0.4, 0.5) is 0 Å². The maximum atomic E-state index is 10.2. The maximum absolute atomic E-state index is 10.2. The van der Waals surface area contributed by atoms with Gasteiger partial charge in [-0.15, -0.1) is 0 Å². The van der Waals surface area contributed by atoms with Crippen molar-refractivity contribution in [1.29, 1.82) is 0 Å². The van der Waals surface area contributed by atoms with Crippen LogP contribution in [-0.2, 0) is 12.8 Å². The molecule has 0 saturated heterocycles. The third kappa shape index (κ3) is 2.91. The third-order valence-electron chi connectivity index (χ3n) is 4.75. The summed E-state index contributed by atoms with van der Waals surface area (Å²) < 4.78 is 2.46. The Morgan fingerprint density at radius 2 is 2.05 bits per heavy atom. The molecule has 0 aliphatic heterocycles. The predicted molar refractivity (Wildman–Crippen MR) is 86.5 cm³/mol. The van der Waals surface area contributed by atoms with Gasteiger partial charge in [0.1, 0.15) is 0 Å². The molecule has 2 atom stereocenters. The summed E-state index contributed by atoms with van der Waals surface area (Å²) in [6, 6.07) is 13.4. The highest BCUT2D eigenvalue weighted by Gasteiger charge is 2.24. The van der Waals surface area contributed by atoms with E-state index in [0.29, 0.717) is 6.04 Å². The van der Waals surface area contributed by atoms with Gasteiger partial charge in [-0.05, 0) is 57.6 Å². The molecule has 1 aliphatic rings. The van der Waals surface area contributed by atoms with Crippen molar-refractivity contribution in [3.05, 3.63) is 58.9 Å². The summed E-state index contributed by atoms with van der Waals surface area (Å²) in [7, 11) is 0. The topological polar surface area (TPSA) is 25.2 Å². The molecule has 2 heteroatoms. The second-order valence-corrected chi connectivity index (χ2v) is 6.34. The first kappa shape index (κ1) is 14.4. The second kappa shape index (κ2) is 6.07. The quantitative estimate of drug-likeness (QED) is 0.886. The van der Waals surface area contributed by atoms with Crippen molar-refractivity contribution in [3.63, 3.8) is 0 Å². The minimum Gasteiger partial charge on any atom is -0.388 e. The van der Waals surface area contributed by atoms with E-state index in [1.54, 1.807) is 0 Å². The number of aliphatic hydroxyl groups excluding tert-OH is 1. The lowest BCUT2D eigenvalue weighted by molar-refractivity contribution is 0.155. The van der Waals surface area contributed by atoms with Crippen molar-refractivity contribution >= 4 is 0 Å². The van der Waals surface area contributed by atoms with Gasteiger partial charge in [0, 0.05) is 23.0 Å². The molecule has 2 nitrogen and oxygen atoms in total. The summed E-state index contributed by atoms with van der Waals surface area (Å²) in [5, 5.41) is 10.2. The number of aliphatic hydroxyl groups is 1. The van der Waals surface area contributed by atoms with E-state index in [9.17, 15) is 5.11 Å². The number of hydrogen-bond donors (Lipinski definition) is 1. The van der Waals surface area contributed by atoms with Crippen molar-refractivity contribution in [3.8, 4) is 0 Å². The molecule has 21 heavy (non-hydrogen) atoms. The van der Waals surface area contributed by atoms with Crippen LogP contribution >= 0.6 is 0 Å². The van der Waals surface area contributed by atoms with E-state index in [1.807, 2.05) is 0 Å². The van der Waals surface area contributed by atoms with Crippen LogP contribution in [-0.4, -0.2) is 9.67 Å². The van der Waals surface area contributed by atoms with E-state index in [4.69, 9.17) is 0 Å². The van der Waals surface area contributed by atoms with Crippen LogP contribution < -0.4 is 0 Å². The van der Waals surface area contributed by atoms with E-state index in [2.05, 4.69) is 54.8 Å². The Kier molecular flexibility index (Phi) is 4.16. The van der Waals surface area contributed by atoms with Gasteiger partial charge in [-0.3, -0.25) is 0 Å². The molecule has 0 spiro atoms. The molecule has 0 bridgehead atoms. The van der Waals surface area contributed by atoms with Gasteiger partial charge in [-0.2, -0.15) is 0 Å². The Bertz CT molecular complexity index is 600. The zero-order chi connectivity index (χ0) is 14.8. The van der Waals surface area contributed by atoms with Gasteiger partial charge in [-0.25, -0.2) is 0 Å². The number of hydrogen-bond acceptors (Lipinski definition) is 1. The number of benzene rings is 1. The highest BCUT2D eigenvalue weighted by molar-refractivity contribution is 5.32. The van der Waals surface area contributed by atoms with Gasteiger partial charge in [-0.1, -0.05) is 30.3 Å². The second-order valence-electron chi connectivity index (χ2n) is 6.34. The van der Waals surface area contributed by atoms with Crippen molar-refractivity contribution in [2.24, 2.45) is 0 Å². The molecule has 1 aromatic heterocycles. The molecule has 0 saturated carbocycles. The fourth-order valence-electron chi connectivity index (χ4n) is 3.66. The van der Waals surface area contributed by atoms with Crippen molar-refractivity contribution in [2.45, 2.75) is 58.1 Å². The minimum atomic E-state index is -0.255. The number of nitrogens with zero attached hydrogens (tertiary/aromatic N) is 1. The molecular formula is C19H25NO. The number of rotatable bonds is 4. The summed E-state index contributed by atoms with van der Waals surface area (Å²) in [5.74, 6) is 0. The smallest absolute Gasteiger partial charge is 0.0807 e. The number of aromatic nitrogens is 1. The zero-order valence-corrected chi connectivity index (χ0v) is 13.0. The first-order chi connectivity index (χ1) is 10.2. The van der Waals surface area contributed by atoms with E-state index in [-0.39, 0.29) is 6.10 Å². The highest BCUT2D eigenvalue weighted by atomic mass is 16.3. The first-order valence-corrected chi connectivity index (χ1v) is 8.09. The van der Waals surface area contributed by atoms with Gasteiger partial charge in [0.2, 0.25) is 0 Å². The first-order valence-electron chi connectivity index (χ1n) is 8.09. The van der Waals surface area contributed by atoms with Gasteiger partial charge in [0.15, 0.2) is 0 Å². The van der Waals surface area contributed by atoms with Crippen LogP contribution in [0.1, 0.15) is 60.8 Å². The van der Waals surface area contributed by atoms with Gasteiger partial charge >= 0.3 is 0 Å². The monoisotopic (exact) mass is 283 g/mol. The molecule has 1 aliphatic carbocycles. The lowest BCUT2D eigenvalue weighted by Crippen LogP contribution is -2.16. The predicted octanol–water partition coefficient (Wildman–Crippen LogP) is 4.36. The Morgan fingerprint density at radius 3 is 2.81 bits per heavy atom. The lowest BCUT2D eigenvalue weighted by atomic mass is 9.95. The zero-order valence-electron chi connectivity index (χ0n) is 13.0. The standard InChI is InChI=1S/C19H25NO/c1-14(11-12-16-7-4-3-5-8-16)20-15(2)13-17-18(20)9-6-10-19(17)21/h3-5,7-8,13-14,19,21H,6,9-12H2,1-2H3. The Morgan fingerprint density at radius 1 is 1.29 bits per heavy atom. The SMILES string of the molecule is Cc1cc2c(n1C(C)CCc1ccccc1)CCCC2O. The van der Waals surface area contributed by atoms with Crippen molar-refractivity contribution < 1.29 is 5.11 Å². The van der Waals surface area contributed by atoms with E-state index >= 15 is 0 Å². The average molecular weight is 283 g/mol. The van der Waals surface area contributed by atoms with Crippen molar-refractivity contribution in [2.75, 3.05) is 0 Å². The van der Waals surface area contributed by atoms with Gasteiger partial charge < -0.3 is 9.67 Å². The molecule has 0 amide bonds. The maximum Gasteiger partial charge on any atom is 0.0807 e. The van der Waals surface area contributed by atoms with Crippen LogP contribution in [0.5, 0.6) is 0 Å². The largest absolute Gasteiger partial charge is 0.388 e. The molecule has 112 valence electrons. The summed E-state index contributed by atoms with van der Waals surface area (Å²) >= 11 is 0. The van der Waals surface area contributed by atoms with E-state index in [1.165, 1.54) is 22.5 Å². The summed E-state index contributed by atoms with van der Waals surface area (Å²) in [4.78, 5) is 0. The van der Waals surface area contributed by atoms with E-state index < -0.39 is 0 Å². The van der Waals surface area contributed by atoms with Crippen LogP contribution in [0.25, 0.3) is 0 Å². The Balaban J connectivity index is 1.77. The fourth-order valence-corrected chi connectivity index (χ4v) is 3.66. The molecule has 0 radical (unpaired) electrons. The molecule has 1 aromatic carbocycles.